The molecule has 1 aromatic carbocycles. The van der Waals surface area contributed by atoms with Gasteiger partial charge >= 0.3 is 6.03 Å². The number of amides is 2. The first-order valence-corrected chi connectivity index (χ1v) is 8.35. The number of nitrogens with one attached hydrogen (secondary N) is 1. The second-order valence-corrected chi connectivity index (χ2v) is 6.40. The van der Waals surface area contributed by atoms with Gasteiger partial charge in [-0.15, -0.1) is 11.3 Å². The molecule has 0 saturated carbocycles. The van der Waals surface area contributed by atoms with Gasteiger partial charge in [0.25, 0.3) is 0 Å². The largest absolute Gasteiger partial charge is 0.324 e. The van der Waals surface area contributed by atoms with Crippen molar-refractivity contribution < 1.29 is 4.79 Å². The molecule has 0 aliphatic carbocycles. The number of likely N-dealkylation sites (tertiary alicyclic amines) is 1. The highest BCUT2D eigenvalue weighted by atomic mass is 32.1. The number of thiophene rings is 1. The van der Waals surface area contributed by atoms with Crippen LogP contribution < -0.4 is 5.32 Å². The van der Waals surface area contributed by atoms with Crippen molar-refractivity contribution in [3.05, 3.63) is 53.4 Å². The van der Waals surface area contributed by atoms with Gasteiger partial charge in [0, 0.05) is 19.0 Å². The van der Waals surface area contributed by atoms with E-state index in [0.717, 1.165) is 30.9 Å². The third-order valence-corrected chi connectivity index (χ3v) is 4.77. The van der Waals surface area contributed by atoms with Crippen LogP contribution in [0, 0.1) is 0 Å². The van der Waals surface area contributed by atoms with Gasteiger partial charge in [-0.25, -0.2) is 4.79 Å². The predicted octanol–water partition coefficient (Wildman–Crippen LogP) is 4.55. The molecule has 21 heavy (non-hydrogen) atoms. The minimum absolute atomic E-state index is 0.0280. The van der Waals surface area contributed by atoms with Gasteiger partial charge in [0.2, 0.25) is 0 Å². The molecule has 0 radical (unpaired) electrons. The van der Waals surface area contributed by atoms with Crippen LogP contribution in [0.5, 0.6) is 0 Å². The Morgan fingerprint density at radius 3 is 2.76 bits per heavy atom. The first-order valence-electron chi connectivity index (χ1n) is 7.47. The monoisotopic (exact) mass is 300 g/mol. The Morgan fingerprint density at radius 2 is 2.00 bits per heavy atom. The average molecular weight is 300 g/mol. The van der Waals surface area contributed by atoms with Gasteiger partial charge in [0.1, 0.15) is 0 Å². The topological polar surface area (TPSA) is 32.3 Å². The summed E-state index contributed by atoms with van der Waals surface area (Å²) in [7, 11) is 0. The van der Waals surface area contributed by atoms with Crippen LogP contribution in [-0.2, 0) is 0 Å². The first kappa shape index (κ1) is 14.1. The number of rotatable bonds is 2. The number of benzene rings is 1. The van der Waals surface area contributed by atoms with Gasteiger partial charge in [-0.3, -0.25) is 5.32 Å². The van der Waals surface area contributed by atoms with E-state index in [1.54, 1.807) is 11.3 Å². The molecule has 4 heteroatoms. The molecule has 1 atom stereocenters. The van der Waals surface area contributed by atoms with Crippen molar-refractivity contribution in [1.29, 1.82) is 0 Å². The van der Waals surface area contributed by atoms with Crippen LogP contribution in [0.4, 0.5) is 9.80 Å². The standard InChI is InChI=1S/C17H20N2OS/c20-17(18-16-10-6-12-21-16)19-11-5-4-9-15(13-19)14-7-2-1-3-8-14/h1-3,6-8,10,12,15H,4-5,9,11,13H2,(H,18,20). The quantitative estimate of drug-likeness (QED) is 0.867. The van der Waals surface area contributed by atoms with Gasteiger partial charge in [-0.05, 0) is 35.9 Å². The summed E-state index contributed by atoms with van der Waals surface area (Å²) in [4.78, 5) is 14.4. The molecule has 110 valence electrons. The number of hydrogen-bond acceptors (Lipinski definition) is 2. The molecular formula is C17H20N2OS. The summed E-state index contributed by atoms with van der Waals surface area (Å²) in [6, 6.07) is 14.5. The third kappa shape index (κ3) is 3.64. The highest BCUT2D eigenvalue weighted by Crippen LogP contribution is 2.27. The molecule has 1 fully saturated rings. The summed E-state index contributed by atoms with van der Waals surface area (Å²) in [5.41, 5.74) is 1.34. The van der Waals surface area contributed by atoms with Crippen molar-refractivity contribution in [1.82, 2.24) is 4.90 Å². The van der Waals surface area contributed by atoms with Crippen LogP contribution in [0.3, 0.4) is 0 Å². The number of hydrogen-bond donors (Lipinski definition) is 1. The lowest BCUT2D eigenvalue weighted by Crippen LogP contribution is -2.37. The molecule has 1 N–H and O–H groups in total. The van der Waals surface area contributed by atoms with Crippen molar-refractivity contribution in [2.24, 2.45) is 0 Å². The third-order valence-electron chi connectivity index (χ3n) is 3.98. The smallest absolute Gasteiger partial charge is 0.322 e. The average Bonchev–Trinajstić information content (AvgIpc) is 2.89. The van der Waals surface area contributed by atoms with Gasteiger partial charge in [0.05, 0.1) is 5.00 Å². The molecule has 1 aliphatic heterocycles. The lowest BCUT2D eigenvalue weighted by molar-refractivity contribution is 0.211. The van der Waals surface area contributed by atoms with Crippen LogP contribution in [0.15, 0.2) is 47.8 Å². The van der Waals surface area contributed by atoms with E-state index in [-0.39, 0.29) is 6.03 Å². The van der Waals surface area contributed by atoms with Crippen LogP contribution in [0.1, 0.15) is 30.7 Å². The Labute approximate surface area is 129 Å². The van der Waals surface area contributed by atoms with Crippen molar-refractivity contribution in [2.45, 2.75) is 25.2 Å². The lowest BCUT2D eigenvalue weighted by Gasteiger charge is -2.24. The molecule has 2 heterocycles. The fourth-order valence-electron chi connectivity index (χ4n) is 2.86. The molecule has 0 spiro atoms. The van der Waals surface area contributed by atoms with E-state index in [2.05, 4.69) is 29.6 Å². The molecule has 1 aromatic heterocycles. The van der Waals surface area contributed by atoms with E-state index in [9.17, 15) is 4.79 Å². The Morgan fingerprint density at radius 1 is 1.14 bits per heavy atom. The van der Waals surface area contributed by atoms with Crippen molar-refractivity contribution in [2.75, 3.05) is 18.4 Å². The number of nitrogens with zero attached hydrogens (tertiary/aromatic N) is 1. The SMILES string of the molecule is O=C(Nc1cccs1)N1CCCCC(c2ccccc2)C1. The Bertz CT molecular complexity index is 568. The van der Waals surface area contributed by atoms with E-state index in [0.29, 0.717) is 5.92 Å². The van der Waals surface area contributed by atoms with Crippen LogP contribution in [0.25, 0.3) is 0 Å². The van der Waals surface area contributed by atoms with Crippen LogP contribution in [0.2, 0.25) is 0 Å². The molecule has 3 rings (SSSR count). The molecular weight excluding hydrogens is 280 g/mol. The number of carbonyl (C=O) groups excluding carboxylic acids is 1. The van der Waals surface area contributed by atoms with E-state index < -0.39 is 0 Å². The highest BCUT2D eigenvalue weighted by molar-refractivity contribution is 7.14. The highest BCUT2D eigenvalue weighted by Gasteiger charge is 2.23. The molecule has 2 aromatic rings. The van der Waals surface area contributed by atoms with Gasteiger partial charge in [-0.2, -0.15) is 0 Å². The zero-order valence-electron chi connectivity index (χ0n) is 12.0. The number of urea groups is 1. The Balaban J connectivity index is 1.68. The first-order chi connectivity index (χ1) is 10.3. The minimum atomic E-state index is 0.0280. The summed E-state index contributed by atoms with van der Waals surface area (Å²) in [5, 5.41) is 5.89. The van der Waals surface area contributed by atoms with Crippen molar-refractivity contribution in [3.8, 4) is 0 Å². The fourth-order valence-corrected chi connectivity index (χ4v) is 3.46. The van der Waals surface area contributed by atoms with Crippen molar-refractivity contribution in [3.63, 3.8) is 0 Å². The molecule has 1 saturated heterocycles. The molecule has 1 unspecified atom stereocenters. The normalized spacial score (nSPS) is 19.0. The lowest BCUT2D eigenvalue weighted by atomic mass is 9.94. The molecule has 1 aliphatic rings. The van der Waals surface area contributed by atoms with E-state index in [4.69, 9.17) is 0 Å². The Kier molecular flexibility index (Phi) is 4.55. The van der Waals surface area contributed by atoms with Crippen LogP contribution >= 0.6 is 11.3 Å². The van der Waals surface area contributed by atoms with Gasteiger partial charge in [0.15, 0.2) is 0 Å². The second kappa shape index (κ2) is 6.76. The minimum Gasteiger partial charge on any atom is -0.324 e. The summed E-state index contributed by atoms with van der Waals surface area (Å²) in [6.45, 7) is 1.65. The maximum Gasteiger partial charge on any atom is 0.322 e. The van der Waals surface area contributed by atoms with Crippen LogP contribution in [-0.4, -0.2) is 24.0 Å². The van der Waals surface area contributed by atoms with E-state index >= 15 is 0 Å². The van der Waals surface area contributed by atoms with Crippen molar-refractivity contribution >= 4 is 22.4 Å². The second-order valence-electron chi connectivity index (χ2n) is 5.46. The predicted molar refractivity (Wildman–Crippen MR) is 87.9 cm³/mol. The molecule has 3 nitrogen and oxygen atoms in total. The zero-order chi connectivity index (χ0) is 14.5. The summed E-state index contributed by atoms with van der Waals surface area (Å²) < 4.78 is 0. The molecule has 2 amide bonds. The fraction of sp³-hybridized carbons (Fsp3) is 0.353. The Hall–Kier alpha value is -1.81. The van der Waals surface area contributed by atoms with E-state index in [1.807, 2.05) is 28.5 Å². The van der Waals surface area contributed by atoms with Gasteiger partial charge in [-0.1, -0.05) is 36.8 Å². The number of carbonyl (C=O) groups is 1. The summed E-state index contributed by atoms with van der Waals surface area (Å²) >= 11 is 1.56. The summed E-state index contributed by atoms with van der Waals surface area (Å²) in [5.74, 6) is 0.447. The maximum atomic E-state index is 12.4. The van der Waals surface area contributed by atoms with Gasteiger partial charge < -0.3 is 4.90 Å². The summed E-state index contributed by atoms with van der Waals surface area (Å²) in [6.07, 6.45) is 3.43. The molecule has 0 bridgehead atoms. The number of anilines is 1. The van der Waals surface area contributed by atoms with E-state index in [1.165, 1.54) is 12.0 Å². The zero-order valence-corrected chi connectivity index (χ0v) is 12.8. The maximum absolute atomic E-state index is 12.4.